The Kier molecular flexibility index (Phi) is 6.50. The molecular weight excluding hydrogens is 202 g/mol. The van der Waals surface area contributed by atoms with E-state index < -0.39 is 0 Å². The Morgan fingerprint density at radius 1 is 1.56 bits per heavy atom. The molecule has 0 aromatic rings. The molecule has 0 saturated carbocycles. The number of nitrogens with one attached hydrogen (secondary N) is 1. The fourth-order valence-corrected chi connectivity index (χ4v) is 1.87. The molecule has 0 spiro atoms. The van der Waals surface area contributed by atoms with Gasteiger partial charge in [0.2, 0.25) is 0 Å². The first-order valence-electron chi connectivity index (χ1n) is 6.37. The minimum absolute atomic E-state index is 0.265. The van der Waals surface area contributed by atoms with Crippen LogP contribution in [0, 0.1) is 0 Å². The monoisotopic (exact) mass is 227 g/mol. The lowest BCUT2D eigenvalue weighted by Crippen LogP contribution is -2.36. The van der Waals surface area contributed by atoms with Gasteiger partial charge in [-0.3, -0.25) is 0 Å². The van der Waals surface area contributed by atoms with Crippen molar-refractivity contribution in [2.75, 3.05) is 20.3 Å². The molecule has 0 amide bonds. The van der Waals surface area contributed by atoms with E-state index in [1.165, 1.54) is 0 Å². The van der Waals surface area contributed by atoms with Gasteiger partial charge in [0.05, 0.1) is 18.8 Å². The van der Waals surface area contributed by atoms with Crippen LogP contribution in [0.3, 0.4) is 0 Å². The molecule has 0 aromatic carbocycles. The van der Waals surface area contributed by atoms with Crippen molar-refractivity contribution in [3.05, 3.63) is 11.8 Å². The van der Waals surface area contributed by atoms with E-state index >= 15 is 0 Å². The molecular formula is C13H25NO2. The maximum Gasteiger partial charge on any atom is 0.109 e. The average molecular weight is 227 g/mol. The van der Waals surface area contributed by atoms with E-state index in [1.807, 2.05) is 0 Å². The van der Waals surface area contributed by atoms with Crippen LogP contribution < -0.4 is 5.32 Å². The van der Waals surface area contributed by atoms with E-state index in [4.69, 9.17) is 9.47 Å². The van der Waals surface area contributed by atoms with Gasteiger partial charge < -0.3 is 14.8 Å². The standard InChI is InChI=1S/C13H25NO2/c1-4-8-14-12(10-11(2)15-3)13-7-5-6-9-16-13/h7,11-12,14H,4-6,8-10H2,1-3H3. The summed E-state index contributed by atoms with van der Waals surface area (Å²) in [5.41, 5.74) is 0. The SMILES string of the molecule is CCCNC(CC(C)OC)C1=CCCCO1. The third-order valence-corrected chi connectivity index (χ3v) is 2.92. The van der Waals surface area contributed by atoms with Crippen LogP contribution in [0.2, 0.25) is 0 Å². The molecule has 1 rings (SSSR count). The fraction of sp³-hybridized carbons (Fsp3) is 0.846. The van der Waals surface area contributed by atoms with Gasteiger partial charge in [0.25, 0.3) is 0 Å². The Bertz CT molecular complexity index is 216. The van der Waals surface area contributed by atoms with Crippen LogP contribution in [0.25, 0.3) is 0 Å². The number of rotatable bonds is 7. The lowest BCUT2D eigenvalue weighted by molar-refractivity contribution is 0.0890. The molecule has 3 heteroatoms. The smallest absolute Gasteiger partial charge is 0.109 e. The summed E-state index contributed by atoms with van der Waals surface area (Å²) >= 11 is 0. The summed E-state index contributed by atoms with van der Waals surface area (Å²) in [6, 6.07) is 0.315. The lowest BCUT2D eigenvalue weighted by Gasteiger charge is -2.26. The molecule has 2 atom stereocenters. The molecule has 1 N–H and O–H groups in total. The first-order valence-corrected chi connectivity index (χ1v) is 6.37. The third kappa shape index (κ3) is 4.54. The Morgan fingerprint density at radius 3 is 2.94 bits per heavy atom. The summed E-state index contributed by atoms with van der Waals surface area (Å²) in [6.45, 7) is 6.17. The molecule has 0 bridgehead atoms. The van der Waals surface area contributed by atoms with Crippen LogP contribution in [0.4, 0.5) is 0 Å². The van der Waals surface area contributed by atoms with Gasteiger partial charge >= 0.3 is 0 Å². The summed E-state index contributed by atoms with van der Waals surface area (Å²) in [5.74, 6) is 1.11. The summed E-state index contributed by atoms with van der Waals surface area (Å²) in [4.78, 5) is 0. The van der Waals surface area contributed by atoms with Crippen molar-refractivity contribution in [3.63, 3.8) is 0 Å². The minimum Gasteiger partial charge on any atom is -0.497 e. The maximum absolute atomic E-state index is 5.73. The van der Waals surface area contributed by atoms with Gasteiger partial charge in [-0.1, -0.05) is 6.92 Å². The number of hydrogen-bond acceptors (Lipinski definition) is 3. The molecule has 2 unspecified atom stereocenters. The van der Waals surface area contributed by atoms with Crippen LogP contribution in [-0.2, 0) is 9.47 Å². The first-order chi connectivity index (χ1) is 7.77. The van der Waals surface area contributed by atoms with E-state index in [1.54, 1.807) is 7.11 Å². The minimum atomic E-state index is 0.265. The van der Waals surface area contributed by atoms with Gasteiger partial charge in [-0.2, -0.15) is 0 Å². The van der Waals surface area contributed by atoms with E-state index in [0.29, 0.717) is 6.04 Å². The zero-order valence-electron chi connectivity index (χ0n) is 10.8. The van der Waals surface area contributed by atoms with Gasteiger partial charge in [-0.15, -0.1) is 0 Å². The average Bonchev–Trinajstić information content (AvgIpc) is 2.35. The molecule has 1 aliphatic rings. The zero-order valence-corrected chi connectivity index (χ0v) is 10.8. The third-order valence-electron chi connectivity index (χ3n) is 2.92. The highest BCUT2D eigenvalue weighted by Gasteiger charge is 2.19. The quantitative estimate of drug-likeness (QED) is 0.725. The molecule has 0 aliphatic carbocycles. The summed E-state index contributed by atoms with van der Waals surface area (Å²) in [5, 5.41) is 3.53. The molecule has 1 aliphatic heterocycles. The second-order valence-corrected chi connectivity index (χ2v) is 4.39. The maximum atomic E-state index is 5.73. The van der Waals surface area contributed by atoms with Gasteiger partial charge in [-0.05, 0) is 45.2 Å². The number of allylic oxidation sites excluding steroid dienone is 1. The highest BCUT2D eigenvalue weighted by molar-refractivity contribution is 5.06. The van der Waals surface area contributed by atoms with Crippen LogP contribution in [0.15, 0.2) is 11.8 Å². The molecule has 94 valence electrons. The number of ether oxygens (including phenoxy) is 2. The topological polar surface area (TPSA) is 30.5 Å². The zero-order chi connectivity index (χ0) is 11.8. The Balaban J connectivity index is 2.51. The van der Waals surface area contributed by atoms with Crippen molar-refractivity contribution < 1.29 is 9.47 Å². The van der Waals surface area contributed by atoms with Crippen molar-refractivity contribution in [2.24, 2.45) is 0 Å². The second-order valence-electron chi connectivity index (χ2n) is 4.39. The number of methoxy groups -OCH3 is 1. The summed E-state index contributed by atoms with van der Waals surface area (Å²) in [7, 11) is 1.76. The highest BCUT2D eigenvalue weighted by atomic mass is 16.5. The molecule has 0 aromatic heterocycles. The fourth-order valence-electron chi connectivity index (χ4n) is 1.87. The largest absolute Gasteiger partial charge is 0.497 e. The Morgan fingerprint density at radius 2 is 2.38 bits per heavy atom. The van der Waals surface area contributed by atoms with Crippen LogP contribution in [-0.4, -0.2) is 32.4 Å². The molecule has 16 heavy (non-hydrogen) atoms. The summed E-state index contributed by atoms with van der Waals surface area (Å²) < 4.78 is 11.1. The molecule has 1 heterocycles. The van der Waals surface area contributed by atoms with E-state index in [0.717, 1.165) is 44.6 Å². The van der Waals surface area contributed by atoms with Crippen molar-refractivity contribution in [1.82, 2.24) is 5.32 Å². The van der Waals surface area contributed by atoms with Crippen molar-refractivity contribution in [1.29, 1.82) is 0 Å². The molecule has 3 nitrogen and oxygen atoms in total. The molecule has 0 radical (unpaired) electrons. The lowest BCUT2D eigenvalue weighted by atomic mass is 10.1. The Labute approximate surface area is 99.2 Å². The Hall–Kier alpha value is -0.540. The van der Waals surface area contributed by atoms with Crippen molar-refractivity contribution in [2.45, 2.75) is 51.7 Å². The second kappa shape index (κ2) is 7.69. The predicted octanol–water partition coefficient (Wildman–Crippen LogP) is 2.47. The van der Waals surface area contributed by atoms with Crippen LogP contribution >= 0.6 is 0 Å². The van der Waals surface area contributed by atoms with Crippen molar-refractivity contribution >= 4 is 0 Å². The predicted molar refractivity (Wildman–Crippen MR) is 66.4 cm³/mol. The molecule has 0 saturated heterocycles. The van der Waals surface area contributed by atoms with E-state index in [-0.39, 0.29) is 6.10 Å². The van der Waals surface area contributed by atoms with Crippen molar-refractivity contribution in [3.8, 4) is 0 Å². The van der Waals surface area contributed by atoms with Gasteiger partial charge in [0.1, 0.15) is 5.76 Å². The first kappa shape index (κ1) is 13.5. The highest BCUT2D eigenvalue weighted by Crippen LogP contribution is 2.17. The molecule has 0 fully saturated rings. The van der Waals surface area contributed by atoms with Crippen LogP contribution in [0.1, 0.15) is 39.5 Å². The van der Waals surface area contributed by atoms with E-state index in [2.05, 4.69) is 25.2 Å². The van der Waals surface area contributed by atoms with Gasteiger partial charge in [-0.25, -0.2) is 0 Å². The van der Waals surface area contributed by atoms with Gasteiger partial charge in [0.15, 0.2) is 0 Å². The van der Waals surface area contributed by atoms with Crippen LogP contribution in [0.5, 0.6) is 0 Å². The normalized spacial score (nSPS) is 19.8. The van der Waals surface area contributed by atoms with E-state index in [9.17, 15) is 0 Å². The van der Waals surface area contributed by atoms with Gasteiger partial charge in [0, 0.05) is 7.11 Å². The summed E-state index contributed by atoms with van der Waals surface area (Å²) in [6.07, 6.45) is 6.89. The number of hydrogen-bond donors (Lipinski definition) is 1.